The van der Waals surface area contributed by atoms with E-state index in [9.17, 15) is 19.2 Å². The molecule has 0 heterocycles. The smallest absolute Gasteiger partial charge is 0.333 e. The summed E-state index contributed by atoms with van der Waals surface area (Å²) in [6.07, 6.45) is 9.53. The van der Waals surface area contributed by atoms with Crippen LogP contribution in [0, 0.1) is 23.7 Å². The molecule has 3 fully saturated rings. The number of amides is 4. The molecule has 38 heavy (non-hydrogen) atoms. The number of esters is 2. The zero-order chi connectivity index (χ0) is 28.5. The van der Waals surface area contributed by atoms with Crippen molar-refractivity contribution < 1.29 is 28.7 Å². The lowest BCUT2D eigenvalue weighted by molar-refractivity contribution is -0.139. The predicted molar refractivity (Wildman–Crippen MR) is 147 cm³/mol. The molecule has 0 aromatic carbocycles. The van der Waals surface area contributed by atoms with Crippen molar-refractivity contribution in [1.29, 1.82) is 0 Å². The minimum absolute atomic E-state index is 0.156. The van der Waals surface area contributed by atoms with Crippen LogP contribution >= 0.6 is 0 Å². The Morgan fingerprint density at radius 1 is 0.684 bits per heavy atom. The molecular weight excluding hydrogens is 488 g/mol. The summed E-state index contributed by atoms with van der Waals surface area (Å²) in [7, 11) is 0. The number of rotatable bonds is 10. The average molecular weight is 537 g/mol. The molecule has 216 valence electrons. The fourth-order valence-electron chi connectivity index (χ4n) is 5.33. The van der Waals surface area contributed by atoms with E-state index in [0.717, 1.165) is 0 Å². The summed E-state index contributed by atoms with van der Waals surface area (Å²) in [5.74, 6) is 3.91. The summed E-state index contributed by atoms with van der Waals surface area (Å²) in [6, 6.07) is -0.530. The Bertz CT molecular complexity index is 751. The van der Waals surface area contributed by atoms with Crippen LogP contribution in [0.15, 0.2) is 24.3 Å². The number of urea groups is 2. The third kappa shape index (κ3) is 12.5. The summed E-state index contributed by atoms with van der Waals surface area (Å²) in [6.45, 7) is 15.7. The molecule has 10 heteroatoms. The van der Waals surface area contributed by atoms with Gasteiger partial charge in [-0.2, -0.15) is 0 Å². The lowest BCUT2D eigenvalue weighted by Crippen LogP contribution is -2.37. The summed E-state index contributed by atoms with van der Waals surface area (Å²) in [4.78, 5) is 43.4. The van der Waals surface area contributed by atoms with Gasteiger partial charge in [0.2, 0.25) is 0 Å². The van der Waals surface area contributed by atoms with E-state index in [1.165, 1.54) is 23.7 Å². The zero-order valence-corrected chi connectivity index (χ0v) is 23.7. The van der Waals surface area contributed by atoms with Crippen molar-refractivity contribution >= 4 is 24.0 Å². The standard InChI is InChI=1S/C10H16.2C9H16N2O3/c1-2-9-7-4-5-8(6-7)10(9)3-1;2*1-4-10-9(13)11-5-6-14-8(12)7(2)3/h7-10H,1-6H2;2*2,4-6H2,1,3H3,(H2,10,11,13). The monoisotopic (exact) mass is 536 g/mol. The maximum atomic E-state index is 10.9. The first-order chi connectivity index (χ1) is 18.1. The van der Waals surface area contributed by atoms with Crippen LogP contribution in [0.1, 0.15) is 66.2 Å². The van der Waals surface area contributed by atoms with E-state index in [2.05, 4.69) is 34.4 Å². The molecular formula is C28H48N4O6. The van der Waals surface area contributed by atoms with Gasteiger partial charge in [-0.05, 0) is 83.5 Å². The topological polar surface area (TPSA) is 135 Å². The van der Waals surface area contributed by atoms with Crippen molar-refractivity contribution in [3.63, 3.8) is 0 Å². The molecule has 4 N–H and O–H groups in total. The van der Waals surface area contributed by atoms with Crippen LogP contribution in [0.25, 0.3) is 0 Å². The van der Waals surface area contributed by atoms with Crippen molar-refractivity contribution in [3.05, 3.63) is 24.3 Å². The Morgan fingerprint density at radius 3 is 1.42 bits per heavy atom. The second kappa shape index (κ2) is 18.3. The van der Waals surface area contributed by atoms with Crippen molar-refractivity contribution in [2.24, 2.45) is 23.7 Å². The maximum Gasteiger partial charge on any atom is 0.333 e. The van der Waals surface area contributed by atoms with Gasteiger partial charge in [-0.15, -0.1) is 0 Å². The quantitative estimate of drug-likeness (QED) is 0.191. The third-order valence-corrected chi connectivity index (χ3v) is 6.96. The highest BCUT2D eigenvalue weighted by Crippen LogP contribution is 2.58. The van der Waals surface area contributed by atoms with Crippen LogP contribution < -0.4 is 21.3 Å². The predicted octanol–water partition coefficient (Wildman–Crippen LogP) is 3.68. The summed E-state index contributed by atoms with van der Waals surface area (Å²) >= 11 is 0. The fourth-order valence-corrected chi connectivity index (χ4v) is 5.33. The molecule has 0 radical (unpaired) electrons. The first-order valence-electron chi connectivity index (χ1n) is 13.8. The van der Waals surface area contributed by atoms with Gasteiger partial charge >= 0.3 is 24.0 Å². The minimum Gasteiger partial charge on any atom is -0.460 e. The Hall–Kier alpha value is -3.04. The number of nitrogens with one attached hydrogen (secondary N) is 4. The second-order valence-corrected chi connectivity index (χ2v) is 10.00. The van der Waals surface area contributed by atoms with Crippen molar-refractivity contribution in [3.8, 4) is 0 Å². The molecule has 4 unspecified atom stereocenters. The normalized spacial score (nSPS) is 21.8. The highest BCUT2D eigenvalue weighted by atomic mass is 16.5. The van der Waals surface area contributed by atoms with Crippen LogP contribution in [0.2, 0.25) is 0 Å². The van der Waals surface area contributed by atoms with E-state index in [4.69, 9.17) is 9.47 Å². The summed E-state index contributed by atoms with van der Waals surface area (Å²) in [5.41, 5.74) is 0.700. The van der Waals surface area contributed by atoms with E-state index in [1.807, 2.05) is 13.8 Å². The van der Waals surface area contributed by atoms with Gasteiger partial charge in [0.25, 0.3) is 0 Å². The molecule has 0 spiro atoms. The van der Waals surface area contributed by atoms with Gasteiger partial charge in [0.15, 0.2) is 0 Å². The Kier molecular flexibility index (Phi) is 15.8. The van der Waals surface area contributed by atoms with Gasteiger partial charge in [0, 0.05) is 24.2 Å². The molecule has 0 aliphatic heterocycles. The number of hydrogen-bond donors (Lipinski definition) is 4. The molecule has 2 bridgehead atoms. The van der Waals surface area contributed by atoms with Gasteiger partial charge < -0.3 is 30.7 Å². The van der Waals surface area contributed by atoms with Gasteiger partial charge in [-0.3, -0.25) is 0 Å². The number of carbonyl (C=O) groups excluding carboxylic acids is 4. The molecule has 4 atom stereocenters. The van der Waals surface area contributed by atoms with Crippen LogP contribution in [0.3, 0.4) is 0 Å². The van der Waals surface area contributed by atoms with Gasteiger partial charge in [-0.1, -0.05) is 19.6 Å². The van der Waals surface area contributed by atoms with Crippen molar-refractivity contribution in [1.82, 2.24) is 21.3 Å². The number of carbonyl (C=O) groups is 4. The first-order valence-corrected chi connectivity index (χ1v) is 13.8. The average Bonchev–Trinajstić information content (AvgIpc) is 3.61. The van der Waals surface area contributed by atoms with Gasteiger partial charge in [0.05, 0.1) is 13.1 Å². The molecule has 10 nitrogen and oxygen atoms in total. The van der Waals surface area contributed by atoms with Crippen LogP contribution in [0.5, 0.6) is 0 Å². The molecule has 0 aromatic rings. The Morgan fingerprint density at radius 2 is 1.08 bits per heavy atom. The number of fused-ring (bicyclic) bond motifs is 5. The van der Waals surface area contributed by atoms with Crippen LogP contribution in [-0.2, 0) is 19.1 Å². The third-order valence-electron chi connectivity index (χ3n) is 6.96. The van der Waals surface area contributed by atoms with E-state index in [0.29, 0.717) is 37.3 Å². The number of ether oxygens (including phenoxy) is 2. The molecule has 3 rings (SSSR count). The number of hydrogen-bond acceptors (Lipinski definition) is 6. The van der Waals surface area contributed by atoms with E-state index < -0.39 is 11.9 Å². The Labute approximate surface area is 227 Å². The van der Waals surface area contributed by atoms with Crippen molar-refractivity contribution in [2.45, 2.75) is 66.2 Å². The van der Waals surface area contributed by atoms with Gasteiger partial charge in [0.1, 0.15) is 13.2 Å². The van der Waals surface area contributed by atoms with Crippen LogP contribution in [-0.4, -0.2) is 63.4 Å². The van der Waals surface area contributed by atoms with E-state index >= 15 is 0 Å². The van der Waals surface area contributed by atoms with E-state index in [-0.39, 0.29) is 25.3 Å². The van der Waals surface area contributed by atoms with Crippen LogP contribution in [0.4, 0.5) is 9.59 Å². The second-order valence-electron chi connectivity index (χ2n) is 10.00. The fraction of sp³-hybridized carbons (Fsp3) is 0.714. The largest absolute Gasteiger partial charge is 0.460 e. The molecule has 3 saturated carbocycles. The zero-order valence-electron chi connectivity index (χ0n) is 23.7. The Balaban J connectivity index is 0.000000287. The highest BCUT2D eigenvalue weighted by molar-refractivity contribution is 5.87. The lowest BCUT2D eigenvalue weighted by atomic mass is 9.82. The van der Waals surface area contributed by atoms with E-state index in [1.54, 1.807) is 52.4 Å². The van der Waals surface area contributed by atoms with Crippen molar-refractivity contribution in [2.75, 3.05) is 39.4 Å². The summed E-state index contributed by atoms with van der Waals surface area (Å²) < 4.78 is 9.50. The summed E-state index contributed by atoms with van der Waals surface area (Å²) in [5, 5.41) is 10.1. The maximum absolute atomic E-state index is 10.9. The van der Waals surface area contributed by atoms with Gasteiger partial charge in [-0.25, -0.2) is 19.2 Å². The molecule has 3 aliphatic rings. The first kappa shape index (κ1) is 33.0. The minimum atomic E-state index is -0.442. The molecule has 0 saturated heterocycles. The SMILES string of the molecule is C1CC2C3CCC(C3)C2C1.C=C(C)C(=O)OCCNC(=O)NCC.C=C(C)C(=O)OCCNC(=O)NCC. The molecule has 0 aromatic heterocycles. The molecule has 4 amide bonds. The highest BCUT2D eigenvalue weighted by Gasteiger charge is 2.48. The lowest BCUT2D eigenvalue weighted by Gasteiger charge is -2.23. The molecule has 3 aliphatic carbocycles.